The van der Waals surface area contributed by atoms with Gasteiger partial charge in [-0.15, -0.1) is 0 Å². The van der Waals surface area contributed by atoms with E-state index in [0.29, 0.717) is 0 Å². The van der Waals surface area contributed by atoms with E-state index in [1.165, 1.54) is 11.7 Å². The van der Waals surface area contributed by atoms with Crippen LogP contribution in [0.3, 0.4) is 0 Å². The van der Waals surface area contributed by atoms with E-state index in [1.807, 2.05) is 36.4 Å². The first kappa shape index (κ1) is 23.0. The molecular formula is C25H26N4O5. The lowest BCUT2D eigenvalue weighted by atomic mass is 9.98. The molecule has 2 aromatic carbocycles. The lowest BCUT2D eigenvalue weighted by Gasteiger charge is -2.22. The highest BCUT2D eigenvalue weighted by molar-refractivity contribution is 6.01. The van der Waals surface area contributed by atoms with Crippen molar-refractivity contribution < 1.29 is 24.2 Å². The van der Waals surface area contributed by atoms with Gasteiger partial charge in [0.1, 0.15) is 24.0 Å². The first-order valence-corrected chi connectivity index (χ1v) is 11.0. The van der Waals surface area contributed by atoms with Crippen LogP contribution < -0.4 is 10.6 Å². The third kappa shape index (κ3) is 4.36. The molecule has 4 rings (SSSR count). The maximum atomic E-state index is 12.9. The summed E-state index contributed by atoms with van der Waals surface area (Å²) in [4.78, 5) is 36.9. The van der Waals surface area contributed by atoms with Gasteiger partial charge in [-0.2, -0.15) is 5.10 Å². The standard InChI is InChI=1S/C25H26N4O5/c1-14(2)21(23(30)28-22-19(24(31)32)12-26-29(22)3)27-25(33)34-13-20-17-10-6-4-8-15(17)16-9-5-7-11-18(16)20/h4-12,14,20-21H,13H2,1-3H3,(H,27,33)(H,28,30)(H,31,32)/t21-/m0/s1. The van der Waals surface area contributed by atoms with E-state index in [9.17, 15) is 19.5 Å². The van der Waals surface area contributed by atoms with E-state index >= 15 is 0 Å². The maximum Gasteiger partial charge on any atom is 0.407 e. The molecule has 1 heterocycles. The SMILES string of the molecule is CC(C)[C@H](NC(=O)OCC1c2ccccc2-c2ccccc21)C(=O)Nc1c(C(=O)O)cnn1C. The number of benzene rings is 2. The van der Waals surface area contributed by atoms with Gasteiger partial charge in [0.2, 0.25) is 5.91 Å². The molecule has 0 radical (unpaired) electrons. The average Bonchev–Trinajstić information content (AvgIpc) is 3.33. The van der Waals surface area contributed by atoms with Gasteiger partial charge in [0.05, 0.1) is 6.20 Å². The van der Waals surface area contributed by atoms with E-state index in [1.54, 1.807) is 13.8 Å². The van der Waals surface area contributed by atoms with Gasteiger partial charge in [0, 0.05) is 13.0 Å². The van der Waals surface area contributed by atoms with Crippen molar-refractivity contribution in [2.24, 2.45) is 13.0 Å². The number of nitrogens with zero attached hydrogens (tertiary/aromatic N) is 2. The Balaban J connectivity index is 1.44. The highest BCUT2D eigenvalue weighted by Gasteiger charge is 2.31. The van der Waals surface area contributed by atoms with Crippen molar-refractivity contribution in [3.8, 4) is 11.1 Å². The zero-order valence-electron chi connectivity index (χ0n) is 19.1. The quantitative estimate of drug-likeness (QED) is 0.493. The highest BCUT2D eigenvalue weighted by atomic mass is 16.5. The molecular weight excluding hydrogens is 436 g/mol. The predicted molar refractivity (Wildman–Crippen MR) is 126 cm³/mol. The van der Waals surface area contributed by atoms with E-state index in [2.05, 4.69) is 27.9 Å². The van der Waals surface area contributed by atoms with Crippen molar-refractivity contribution in [3.05, 3.63) is 71.4 Å². The monoisotopic (exact) mass is 462 g/mol. The molecule has 1 aliphatic carbocycles. The lowest BCUT2D eigenvalue weighted by Crippen LogP contribution is -2.47. The molecule has 9 nitrogen and oxygen atoms in total. The third-order valence-corrected chi connectivity index (χ3v) is 5.98. The Morgan fingerprint density at radius 2 is 1.65 bits per heavy atom. The Labute approximate surface area is 196 Å². The summed E-state index contributed by atoms with van der Waals surface area (Å²) in [5.74, 6) is -2.11. The molecule has 0 bridgehead atoms. The predicted octanol–water partition coefficient (Wildman–Crippen LogP) is 3.62. The molecule has 1 aliphatic rings. The Morgan fingerprint density at radius 1 is 1.06 bits per heavy atom. The van der Waals surface area contributed by atoms with Crippen LogP contribution in [0.2, 0.25) is 0 Å². The Hall–Kier alpha value is -4.14. The fraction of sp³-hybridized carbons (Fsp3) is 0.280. The van der Waals surface area contributed by atoms with Crippen LogP contribution in [-0.4, -0.2) is 45.5 Å². The summed E-state index contributed by atoms with van der Waals surface area (Å²) >= 11 is 0. The number of carboxylic acid groups (broad SMARTS) is 1. The van der Waals surface area contributed by atoms with Gasteiger partial charge in [-0.05, 0) is 28.2 Å². The van der Waals surface area contributed by atoms with Crippen LogP contribution in [-0.2, 0) is 16.6 Å². The summed E-state index contributed by atoms with van der Waals surface area (Å²) in [6.45, 7) is 3.67. The van der Waals surface area contributed by atoms with Crippen LogP contribution in [0.25, 0.3) is 11.1 Å². The van der Waals surface area contributed by atoms with E-state index in [-0.39, 0.29) is 29.8 Å². The molecule has 0 unspecified atom stereocenters. The van der Waals surface area contributed by atoms with E-state index in [4.69, 9.17) is 4.74 Å². The van der Waals surface area contributed by atoms with Crippen molar-refractivity contribution >= 4 is 23.8 Å². The molecule has 3 N–H and O–H groups in total. The molecule has 2 amide bonds. The average molecular weight is 463 g/mol. The fourth-order valence-corrected chi connectivity index (χ4v) is 4.24. The molecule has 0 aliphatic heterocycles. The van der Waals surface area contributed by atoms with Crippen molar-refractivity contribution in [3.63, 3.8) is 0 Å². The minimum atomic E-state index is -1.21. The Bertz CT molecular complexity index is 1200. The number of carbonyl (C=O) groups is 3. The highest BCUT2D eigenvalue weighted by Crippen LogP contribution is 2.44. The van der Waals surface area contributed by atoms with Crippen LogP contribution in [0.1, 0.15) is 41.3 Å². The second kappa shape index (κ2) is 9.38. The summed E-state index contributed by atoms with van der Waals surface area (Å²) in [5.41, 5.74) is 4.28. The summed E-state index contributed by atoms with van der Waals surface area (Å²) in [7, 11) is 1.52. The molecule has 1 atom stereocenters. The largest absolute Gasteiger partial charge is 0.477 e. The number of alkyl carbamates (subject to hydrolysis) is 1. The number of aromatic nitrogens is 2. The Morgan fingerprint density at radius 3 is 2.21 bits per heavy atom. The second-order valence-corrected chi connectivity index (χ2v) is 8.52. The van der Waals surface area contributed by atoms with Gasteiger partial charge in [-0.1, -0.05) is 62.4 Å². The first-order chi connectivity index (χ1) is 16.3. The Kier molecular flexibility index (Phi) is 6.36. The van der Waals surface area contributed by atoms with E-state index in [0.717, 1.165) is 28.5 Å². The van der Waals surface area contributed by atoms with Crippen molar-refractivity contribution in [1.29, 1.82) is 0 Å². The molecule has 9 heteroatoms. The summed E-state index contributed by atoms with van der Waals surface area (Å²) in [6, 6.07) is 15.1. The molecule has 34 heavy (non-hydrogen) atoms. The third-order valence-electron chi connectivity index (χ3n) is 5.98. The van der Waals surface area contributed by atoms with Crippen molar-refractivity contribution in [2.75, 3.05) is 11.9 Å². The second-order valence-electron chi connectivity index (χ2n) is 8.52. The zero-order chi connectivity index (χ0) is 24.4. The number of rotatable bonds is 7. The smallest absolute Gasteiger partial charge is 0.407 e. The van der Waals surface area contributed by atoms with Crippen LogP contribution in [0.4, 0.5) is 10.6 Å². The topological polar surface area (TPSA) is 123 Å². The number of aryl methyl sites for hydroxylation is 1. The normalized spacial score (nSPS) is 13.2. The number of anilines is 1. The first-order valence-electron chi connectivity index (χ1n) is 11.0. The number of amides is 2. The molecule has 176 valence electrons. The number of nitrogens with one attached hydrogen (secondary N) is 2. The van der Waals surface area contributed by atoms with E-state index < -0.39 is 24.0 Å². The van der Waals surface area contributed by atoms with Gasteiger partial charge < -0.3 is 20.5 Å². The van der Waals surface area contributed by atoms with Crippen molar-refractivity contribution in [1.82, 2.24) is 15.1 Å². The number of carbonyl (C=O) groups excluding carboxylic acids is 2. The van der Waals surface area contributed by atoms with Crippen LogP contribution in [0.5, 0.6) is 0 Å². The molecule has 0 saturated carbocycles. The number of hydrogen-bond donors (Lipinski definition) is 3. The number of hydrogen-bond acceptors (Lipinski definition) is 5. The number of fused-ring (bicyclic) bond motifs is 3. The van der Waals surface area contributed by atoms with Crippen LogP contribution >= 0.6 is 0 Å². The number of carboxylic acids is 1. The molecule has 0 fully saturated rings. The maximum absolute atomic E-state index is 12.9. The summed E-state index contributed by atoms with van der Waals surface area (Å²) < 4.78 is 6.81. The van der Waals surface area contributed by atoms with Gasteiger partial charge in [-0.3, -0.25) is 9.48 Å². The zero-order valence-corrected chi connectivity index (χ0v) is 19.1. The molecule has 0 saturated heterocycles. The van der Waals surface area contributed by atoms with Crippen molar-refractivity contribution in [2.45, 2.75) is 25.8 Å². The number of aromatic carboxylic acids is 1. The summed E-state index contributed by atoms with van der Waals surface area (Å²) in [6.07, 6.45) is 0.431. The van der Waals surface area contributed by atoms with Gasteiger partial charge in [-0.25, -0.2) is 9.59 Å². The molecule has 1 aromatic heterocycles. The summed E-state index contributed by atoms with van der Waals surface area (Å²) in [5, 5.41) is 18.4. The minimum absolute atomic E-state index is 0.0393. The number of ether oxygens (including phenoxy) is 1. The van der Waals surface area contributed by atoms with Crippen LogP contribution in [0.15, 0.2) is 54.7 Å². The van der Waals surface area contributed by atoms with Crippen LogP contribution in [0, 0.1) is 5.92 Å². The van der Waals surface area contributed by atoms with Gasteiger partial charge >= 0.3 is 12.1 Å². The van der Waals surface area contributed by atoms with Gasteiger partial charge in [0.25, 0.3) is 0 Å². The minimum Gasteiger partial charge on any atom is -0.477 e. The molecule has 3 aromatic rings. The molecule has 0 spiro atoms. The lowest BCUT2D eigenvalue weighted by molar-refractivity contribution is -0.119. The van der Waals surface area contributed by atoms with Gasteiger partial charge in [0.15, 0.2) is 0 Å². The fourth-order valence-electron chi connectivity index (χ4n) is 4.24.